The Hall–Kier alpha value is -2.73. The van der Waals surface area contributed by atoms with E-state index >= 15 is 0 Å². The minimum atomic E-state index is -0.305. The Labute approximate surface area is 176 Å². The normalized spacial score (nSPS) is 17.1. The summed E-state index contributed by atoms with van der Waals surface area (Å²) >= 11 is 1.62. The Kier molecular flexibility index (Phi) is 6.64. The summed E-state index contributed by atoms with van der Waals surface area (Å²) in [6.07, 6.45) is 3.33. The number of methoxy groups -OCH3 is 2. The molecule has 1 heterocycles. The van der Waals surface area contributed by atoms with Crippen molar-refractivity contribution in [3.8, 4) is 11.5 Å². The molecule has 6 heteroatoms. The van der Waals surface area contributed by atoms with Crippen LogP contribution in [0.15, 0.2) is 59.6 Å². The summed E-state index contributed by atoms with van der Waals surface area (Å²) < 4.78 is 10.7. The third-order valence-electron chi connectivity index (χ3n) is 4.65. The molecular weight excluding hydrogens is 384 g/mol. The summed E-state index contributed by atoms with van der Waals surface area (Å²) in [7, 11) is 3.22. The summed E-state index contributed by atoms with van der Waals surface area (Å²) in [6, 6.07) is 15.5. The van der Waals surface area contributed by atoms with Gasteiger partial charge in [-0.15, -0.1) is 0 Å². The first-order valence-corrected chi connectivity index (χ1v) is 10.4. The van der Waals surface area contributed by atoms with Crippen molar-refractivity contribution in [3.63, 3.8) is 0 Å². The molecule has 0 spiro atoms. The van der Waals surface area contributed by atoms with Gasteiger partial charge < -0.3 is 9.47 Å². The molecule has 0 bridgehead atoms. The third kappa shape index (κ3) is 5.01. The number of carbonyl (C=O) groups excluding carboxylic acids is 1. The van der Waals surface area contributed by atoms with E-state index in [0.29, 0.717) is 18.0 Å². The van der Waals surface area contributed by atoms with Gasteiger partial charge in [0.2, 0.25) is 0 Å². The molecule has 0 atom stereocenters. The maximum atomic E-state index is 13.1. The van der Waals surface area contributed by atoms with Crippen molar-refractivity contribution in [3.05, 3.63) is 65.7 Å². The molecule has 0 N–H and O–H groups in total. The van der Waals surface area contributed by atoms with Crippen molar-refractivity contribution >= 4 is 28.9 Å². The van der Waals surface area contributed by atoms with Gasteiger partial charge in [0.25, 0.3) is 5.91 Å². The summed E-state index contributed by atoms with van der Waals surface area (Å²) in [5.41, 5.74) is 1.60. The van der Waals surface area contributed by atoms with E-state index in [9.17, 15) is 4.79 Å². The highest BCUT2D eigenvalue weighted by Crippen LogP contribution is 2.33. The van der Waals surface area contributed by atoms with E-state index in [4.69, 9.17) is 14.5 Å². The van der Waals surface area contributed by atoms with Crippen LogP contribution in [0.3, 0.4) is 0 Å². The quantitative estimate of drug-likeness (QED) is 0.652. The Morgan fingerprint density at radius 3 is 2.62 bits per heavy atom. The van der Waals surface area contributed by atoms with Crippen LogP contribution < -0.4 is 9.47 Å². The fraction of sp³-hybridized carbons (Fsp3) is 0.304. The minimum Gasteiger partial charge on any atom is -0.497 e. The van der Waals surface area contributed by atoms with Crippen LogP contribution in [0.2, 0.25) is 0 Å². The number of nitrogens with zero attached hydrogens (tertiary/aromatic N) is 2. The fourth-order valence-electron chi connectivity index (χ4n) is 3.09. The number of thioether (sulfide) groups is 1. The van der Waals surface area contributed by atoms with Gasteiger partial charge >= 0.3 is 0 Å². The van der Waals surface area contributed by atoms with E-state index < -0.39 is 0 Å². The molecule has 1 amide bonds. The van der Waals surface area contributed by atoms with Crippen LogP contribution in [-0.2, 0) is 11.3 Å². The maximum Gasteiger partial charge on any atom is 0.253 e. The monoisotopic (exact) mass is 410 g/mol. The fourth-order valence-corrected chi connectivity index (χ4v) is 4.32. The Morgan fingerprint density at radius 1 is 1.17 bits per heavy atom. The van der Waals surface area contributed by atoms with Crippen molar-refractivity contribution in [1.82, 2.24) is 4.90 Å². The van der Waals surface area contributed by atoms with Gasteiger partial charge in [-0.3, -0.25) is 14.7 Å². The van der Waals surface area contributed by atoms with Crippen LogP contribution in [0.5, 0.6) is 11.5 Å². The summed E-state index contributed by atoms with van der Waals surface area (Å²) in [5, 5.41) is 0.756. The first-order chi connectivity index (χ1) is 13.9. The third-order valence-corrected chi connectivity index (χ3v) is 6.07. The van der Waals surface area contributed by atoms with Crippen LogP contribution in [0.4, 0.5) is 0 Å². The first kappa shape index (κ1) is 21.0. The zero-order chi connectivity index (χ0) is 20.9. The summed E-state index contributed by atoms with van der Waals surface area (Å²) in [5.74, 6) is 2.10. The van der Waals surface area contributed by atoms with Crippen LogP contribution in [0.1, 0.15) is 25.0 Å². The van der Waals surface area contributed by atoms with Crippen molar-refractivity contribution in [2.75, 3.05) is 20.0 Å². The number of rotatable bonds is 6. The SMILES string of the molecule is COc1ccc(OC)c(/C=C/C(=O)N2C(=NCc3ccccc3)SCC2(C)C)c1. The number of carbonyl (C=O) groups is 1. The van der Waals surface area contributed by atoms with Crippen LogP contribution in [-0.4, -0.2) is 41.5 Å². The molecular formula is C23H26N2O3S. The number of ether oxygens (including phenoxy) is 2. The van der Waals surface area contributed by atoms with Crippen molar-refractivity contribution in [2.45, 2.75) is 25.9 Å². The standard InChI is InChI=1S/C23H26N2O3S/c1-23(2)16-29-22(24-15-17-8-6-5-7-9-17)25(23)21(26)13-10-18-14-19(27-3)11-12-20(18)28-4/h5-14H,15-16H2,1-4H3/b13-10+,24-22?. The lowest BCUT2D eigenvalue weighted by Crippen LogP contribution is -2.45. The van der Waals surface area contributed by atoms with E-state index in [1.54, 1.807) is 43.0 Å². The average molecular weight is 411 g/mol. The number of aliphatic imine (C=N–C) groups is 1. The lowest BCUT2D eigenvalue weighted by atomic mass is 10.1. The zero-order valence-corrected chi connectivity index (χ0v) is 18.0. The van der Waals surface area contributed by atoms with E-state index in [2.05, 4.69) is 13.8 Å². The molecule has 2 aromatic carbocycles. The Morgan fingerprint density at radius 2 is 1.93 bits per heavy atom. The van der Waals surface area contributed by atoms with E-state index in [-0.39, 0.29) is 11.4 Å². The lowest BCUT2D eigenvalue weighted by molar-refractivity contribution is -0.124. The highest BCUT2D eigenvalue weighted by Gasteiger charge is 2.40. The molecule has 0 radical (unpaired) electrons. The molecule has 0 aliphatic carbocycles. The molecule has 1 fully saturated rings. The Bertz CT molecular complexity index is 923. The smallest absolute Gasteiger partial charge is 0.253 e. The van der Waals surface area contributed by atoms with Crippen molar-refractivity contribution in [1.29, 1.82) is 0 Å². The second kappa shape index (κ2) is 9.18. The molecule has 0 aromatic heterocycles. The van der Waals surface area contributed by atoms with Gasteiger partial charge in [-0.1, -0.05) is 42.1 Å². The van der Waals surface area contributed by atoms with Gasteiger partial charge in [-0.25, -0.2) is 0 Å². The second-order valence-electron chi connectivity index (χ2n) is 7.30. The molecule has 0 unspecified atom stereocenters. The van der Waals surface area contributed by atoms with Gasteiger partial charge in [0.1, 0.15) is 11.5 Å². The first-order valence-electron chi connectivity index (χ1n) is 9.40. The van der Waals surface area contributed by atoms with Crippen LogP contribution >= 0.6 is 11.8 Å². The summed E-state index contributed by atoms with van der Waals surface area (Å²) in [6.45, 7) is 4.67. The number of amides is 1. The van der Waals surface area contributed by atoms with Gasteiger partial charge in [0.15, 0.2) is 5.17 Å². The van der Waals surface area contributed by atoms with Gasteiger partial charge in [-0.05, 0) is 43.7 Å². The number of amidine groups is 1. The number of hydrogen-bond acceptors (Lipinski definition) is 5. The predicted molar refractivity (Wildman–Crippen MR) is 120 cm³/mol. The van der Waals surface area contributed by atoms with Crippen molar-refractivity contribution in [2.24, 2.45) is 4.99 Å². The van der Waals surface area contributed by atoms with E-state index in [1.807, 2.05) is 48.5 Å². The molecule has 1 aliphatic heterocycles. The van der Waals surface area contributed by atoms with Crippen LogP contribution in [0, 0.1) is 0 Å². The molecule has 0 saturated carbocycles. The number of benzene rings is 2. The zero-order valence-electron chi connectivity index (χ0n) is 17.2. The van der Waals surface area contributed by atoms with E-state index in [1.165, 1.54) is 0 Å². The molecule has 1 aliphatic rings. The largest absolute Gasteiger partial charge is 0.497 e. The molecule has 29 heavy (non-hydrogen) atoms. The van der Waals surface area contributed by atoms with Crippen molar-refractivity contribution < 1.29 is 14.3 Å². The maximum absolute atomic E-state index is 13.1. The number of hydrogen-bond donors (Lipinski definition) is 0. The highest BCUT2D eigenvalue weighted by atomic mass is 32.2. The highest BCUT2D eigenvalue weighted by molar-refractivity contribution is 8.14. The second-order valence-corrected chi connectivity index (χ2v) is 8.24. The molecule has 152 valence electrons. The Balaban J connectivity index is 1.82. The molecule has 2 aromatic rings. The molecule has 3 rings (SSSR count). The lowest BCUT2D eigenvalue weighted by Gasteiger charge is -2.29. The minimum absolute atomic E-state index is 0.100. The summed E-state index contributed by atoms with van der Waals surface area (Å²) in [4.78, 5) is 19.6. The van der Waals surface area contributed by atoms with Gasteiger partial charge in [0.05, 0.1) is 26.3 Å². The average Bonchev–Trinajstić information content (AvgIpc) is 3.05. The topological polar surface area (TPSA) is 51.1 Å². The predicted octanol–water partition coefficient (Wildman–Crippen LogP) is 4.63. The van der Waals surface area contributed by atoms with Crippen LogP contribution in [0.25, 0.3) is 6.08 Å². The van der Waals surface area contributed by atoms with E-state index in [0.717, 1.165) is 22.0 Å². The molecule has 5 nitrogen and oxygen atoms in total. The molecule has 1 saturated heterocycles. The van der Waals surface area contributed by atoms with Gasteiger partial charge in [-0.2, -0.15) is 0 Å². The van der Waals surface area contributed by atoms with Gasteiger partial charge in [0, 0.05) is 17.4 Å².